The fourth-order valence-corrected chi connectivity index (χ4v) is 2.49. The number of anilines is 1. The van der Waals surface area contributed by atoms with Gasteiger partial charge in [0.15, 0.2) is 5.82 Å². The summed E-state index contributed by atoms with van der Waals surface area (Å²) in [6, 6.07) is 2.71. The molecule has 0 unspecified atom stereocenters. The smallest absolute Gasteiger partial charge is 0.272 e. The number of aromatic nitrogens is 3. The number of nitrogens with zero attached hydrogens (tertiary/aromatic N) is 3. The van der Waals surface area contributed by atoms with E-state index in [1.807, 2.05) is 0 Å². The highest BCUT2D eigenvalue weighted by atomic mass is 35.5. The van der Waals surface area contributed by atoms with Gasteiger partial charge < -0.3 is 15.0 Å². The van der Waals surface area contributed by atoms with Gasteiger partial charge >= 0.3 is 0 Å². The molecule has 1 aliphatic rings. The highest BCUT2D eigenvalue weighted by Gasteiger charge is 2.25. The molecule has 0 saturated carbocycles. The second kappa shape index (κ2) is 5.42. The van der Waals surface area contributed by atoms with Gasteiger partial charge in [-0.1, -0.05) is 11.6 Å². The summed E-state index contributed by atoms with van der Waals surface area (Å²) in [6.45, 7) is 0.918. The van der Waals surface area contributed by atoms with Crippen LogP contribution in [0.1, 0.15) is 6.42 Å². The molecular formula is C13H12ClFN4O2. The summed E-state index contributed by atoms with van der Waals surface area (Å²) in [7, 11) is 0. The summed E-state index contributed by atoms with van der Waals surface area (Å²) in [6.07, 6.45) is 1.41. The molecule has 6 nitrogen and oxygen atoms in total. The largest absolute Gasteiger partial charge is 0.391 e. The summed E-state index contributed by atoms with van der Waals surface area (Å²) in [5, 5.41) is 9.55. The highest BCUT2D eigenvalue weighted by Crippen LogP contribution is 2.26. The van der Waals surface area contributed by atoms with E-state index < -0.39 is 17.6 Å². The van der Waals surface area contributed by atoms with Crippen LogP contribution < -0.4 is 10.5 Å². The maximum Gasteiger partial charge on any atom is 0.272 e. The molecule has 21 heavy (non-hydrogen) atoms. The van der Waals surface area contributed by atoms with Crippen LogP contribution in [0.2, 0.25) is 5.02 Å². The minimum Gasteiger partial charge on any atom is -0.391 e. The average Bonchev–Trinajstić information content (AvgIpc) is 2.88. The van der Waals surface area contributed by atoms with Crippen molar-refractivity contribution in [2.24, 2.45) is 0 Å². The van der Waals surface area contributed by atoms with Crippen molar-refractivity contribution < 1.29 is 9.50 Å². The maximum absolute atomic E-state index is 13.2. The Morgan fingerprint density at radius 1 is 1.52 bits per heavy atom. The molecule has 0 radical (unpaired) electrons. The quantitative estimate of drug-likeness (QED) is 0.814. The molecular weight excluding hydrogens is 299 g/mol. The third-order valence-electron chi connectivity index (χ3n) is 3.31. The Kier molecular flexibility index (Phi) is 3.60. The maximum atomic E-state index is 13.2. The van der Waals surface area contributed by atoms with Crippen LogP contribution in [0.5, 0.6) is 0 Å². The molecule has 8 heteroatoms. The van der Waals surface area contributed by atoms with Gasteiger partial charge in [-0.15, -0.1) is 0 Å². The van der Waals surface area contributed by atoms with E-state index in [0.29, 0.717) is 30.9 Å². The van der Waals surface area contributed by atoms with Crippen LogP contribution in [-0.4, -0.2) is 39.3 Å². The number of aliphatic hydroxyl groups is 1. The number of nitrogens with one attached hydrogen (secondary N) is 1. The van der Waals surface area contributed by atoms with E-state index in [9.17, 15) is 14.3 Å². The van der Waals surface area contributed by atoms with Crippen molar-refractivity contribution in [1.82, 2.24) is 15.0 Å². The zero-order valence-electron chi connectivity index (χ0n) is 10.9. The van der Waals surface area contributed by atoms with Crippen molar-refractivity contribution in [1.29, 1.82) is 0 Å². The summed E-state index contributed by atoms with van der Waals surface area (Å²) in [5.41, 5.74) is -0.104. The summed E-state index contributed by atoms with van der Waals surface area (Å²) >= 11 is 6.00. The fourth-order valence-electron chi connectivity index (χ4n) is 2.28. The average molecular weight is 311 g/mol. The Morgan fingerprint density at radius 2 is 2.33 bits per heavy atom. The molecule has 0 aliphatic carbocycles. The number of aromatic amines is 1. The first-order valence-electron chi connectivity index (χ1n) is 6.39. The van der Waals surface area contributed by atoms with Gasteiger partial charge in [-0.25, -0.2) is 9.97 Å². The molecule has 1 saturated heterocycles. The molecule has 1 fully saturated rings. The Bertz CT molecular complexity index is 736. The van der Waals surface area contributed by atoms with Crippen LogP contribution >= 0.6 is 11.6 Å². The number of halogens is 2. The SMILES string of the molecule is O=c1[nH]c(-c2ccnc(F)c2)nc(N2CC[C@H](O)C2)c1Cl. The monoisotopic (exact) mass is 310 g/mol. The molecule has 2 aromatic rings. The van der Waals surface area contributed by atoms with Crippen molar-refractivity contribution in [2.45, 2.75) is 12.5 Å². The minimum atomic E-state index is -0.664. The lowest BCUT2D eigenvalue weighted by atomic mass is 10.2. The van der Waals surface area contributed by atoms with Crippen LogP contribution in [0.15, 0.2) is 23.1 Å². The van der Waals surface area contributed by atoms with E-state index in [-0.39, 0.29) is 10.8 Å². The van der Waals surface area contributed by atoms with Gasteiger partial charge in [0.25, 0.3) is 5.56 Å². The predicted molar refractivity (Wildman–Crippen MR) is 75.9 cm³/mol. The normalized spacial score (nSPS) is 18.2. The van der Waals surface area contributed by atoms with Gasteiger partial charge in [-0.3, -0.25) is 4.79 Å². The lowest BCUT2D eigenvalue weighted by molar-refractivity contribution is 0.198. The number of hydrogen-bond donors (Lipinski definition) is 2. The molecule has 2 N–H and O–H groups in total. The molecule has 3 heterocycles. The molecule has 0 spiro atoms. The summed E-state index contributed by atoms with van der Waals surface area (Å²) in [4.78, 5) is 23.9. The Hall–Kier alpha value is -1.99. The number of pyridine rings is 1. The Balaban J connectivity index is 2.07. The highest BCUT2D eigenvalue weighted by molar-refractivity contribution is 6.32. The van der Waals surface area contributed by atoms with Gasteiger partial charge in [-0.05, 0) is 12.5 Å². The van der Waals surface area contributed by atoms with Gasteiger partial charge in [0, 0.05) is 30.9 Å². The Labute approximate surface area is 124 Å². The van der Waals surface area contributed by atoms with Gasteiger partial charge in [0.05, 0.1) is 6.10 Å². The van der Waals surface area contributed by atoms with Crippen molar-refractivity contribution in [3.63, 3.8) is 0 Å². The lowest BCUT2D eigenvalue weighted by Crippen LogP contribution is -2.25. The molecule has 0 aromatic carbocycles. The van der Waals surface area contributed by atoms with Gasteiger partial charge in [0.2, 0.25) is 5.95 Å². The molecule has 3 rings (SSSR count). The number of aliphatic hydroxyl groups excluding tert-OH is 1. The first-order chi connectivity index (χ1) is 10.0. The van der Waals surface area contributed by atoms with E-state index >= 15 is 0 Å². The standard InChI is InChI=1S/C13H12ClFN4O2/c14-10-12(19-4-2-8(20)6-19)17-11(18-13(10)21)7-1-3-16-9(15)5-7/h1,3,5,8,20H,2,4,6H2,(H,17,18,21)/t8-/m0/s1. The van der Waals surface area contributed by atoms with Gasteiger partial charge in [-0.2, -0.15) is 4.39 Å². The van der Waals surface area contributed by atoms with Gasteiger partial charge in [0.1, 0.15) is 10.8 Å². The third-order valence-corrected chi connectivity index (χ3v) is 3.65. The molecule has 2 aromatic heterocycles. The number of β-amino-alcohol motifs (C(OH)–C–C–N with tert-alkyl or cyclic N) is 1. The van der Waals surface area contributed by atoms with E-state index in [4.69, 9.17) is 11.6 Å². The summed E-state index contributed by atoms with van der Waals surface area (Å²) < 4.78 is 13.2. The van der Waals surface area contributed by atoms with Crippen LogP contribution in [0.4, 0.5) is 10.2 Å². The van der Waals surface area contributed by atoms with E-state index in [2.05, 4.69) is 15.0 Å². The second-order valence-corrected chi connectivity index (χ2v) is 5.19. The van der Waals surface area contributed by atoms with Crippen molar-refractivity contribution in [3.05, 3.63) is 39.7 Å². The minimum absolute atomic E-state index is 0.0395. The first kappa shape index (κ1) is 14.0. The number of H-pyrrole nitrogens is 1. The van der Waals surface area contributed by atoms with E-state index in [1.54, 1.807) is 4.90 Å². The lowest BCUT2D eigenvalue weighted by Gasteiger charge is -2.18. The van der Waals surface area contributed by atoms with Crippen molar-refractivity contribution >= 4 is 17.4 Å². The van der Waals surface area contributed by atoms with Crippen LogP contribution in [0.25, 0.3) is 11.4 Å². The number of hydrogen-bond acceptors (Lipinski definition) is 5. The van der Waals surface area contributed by atoms with Crippen LogP contribution in [0.3, 0.4) is 0 Å². The molecule has 1 aliphatic heterocycles. The number of rotatable bonds is 2. The zero-order valence-corrected chi connectivity index (χ0v) is 11.6. The first-order valence-corrected chi connectivity index (χ1v) is 6.77. The zero-order chi connectivity index (χ0) is 15.0. The summed E-state index contributed by atoms with van der Waals surface area (Å²) in [5.74, 6) is -0.158. The van der Waals surface area contributed by atoms with E-state index in [0.717, 1.165) is 0 Å². The van der Waals surface area contributed by atoms with Crippen molar-refractivity contribution in [2.75, 3.05) is 18.0 Å². The molecule has 110 valence electrons. The predicted octanol–water partition coefficient (Wildman–Crippen LogP) is 1.20. The second-order valence-electron chi connectivity index (χ2n) is 4.81. The van der Waals surface area contributed by atoms with Crippen molar-refractivity contribution in [3.8, 4) is 11.4 Å². The topological polar surface area (TPSA) is 82.1 Å². The molecule has 0 amide bonds. The van der Waals surface area contributed by atoms with Crippen LogP contribution in [-0.2, 0) is 0 Å². The molecule has 0 bridgehead atoms. The van der Waals surface area contributed by atoms with Crippen LogP contribution in [0, 0.1) is 5.95 Å². The third kappa shape index (κ3) is 2.74. The fraction of sp³-hybridized carbons (Fsp3) is 0.308. The van der Waals surface area contributed by atoms with E-state index in [1.165, 1.54) is 18.3 Å². The Morgan fingerprint density at radius 3 is 3.00 bits per heavy atom. The molecule has 1 atom stereocenters.